The van der Waals surface area contributed by atoms with Crippen LogP contribution < -0.4 is 5.32 Å². The maximum absolute atomic E-state index is 10.7. The van der Waals surface area contributed by atoms with E-state index in [1.54, 1.807) is 18.2 Å². The van der Waals surface area contributed by atoms with Crippen molar-refractivity contribution in [2.24, 2.45) is 0 Å². The first-order chi connectivity index (χ1) is 12.1. The van der Waals surface area contributed by atoms with Gasteiger partial charge >= 0.3 is 6.01 Å². The lowest BCUT2D eigenvalue weighted by Crippen LogP contribution is -1.88. The minimum absolute atomic E-state index is 0.00486. The summed E-state index contributed by atoms with van der Waals surface area (Å²) in [5.41, 5.74) is 1.39. The Morgan fingerprint density at radius 2 is 1.96 bits per heavy atom. The molecular formula is C15H8ClN5O3S. The highest BCUT2D eigenvalue weighted by Gasteiger charge is 2.13. The van der Waals surface area contributed by atoms with Gasteiger partial charge in [-0.25, -0.2) is 4.98 Å². The van der Waals surface area contributed by atoms with Crippen molar-refractivity contribution in [1.82, 2.24) is 15.2 Å². The summed E-state index contributed by atoms with van der Waals surface area (Å²) >= 11 is 7.37. The van der Waals surface area contributed by atoms with E-state index in [9.17, 15) is 10.1 Å². The third-order valence-electron chi connectivity index (χ3n) is 3.31. The van der Waals surface area contributed by atoms with Crippen LogP contribution in [0.2, 0.25) is 5.02 Å². The second-order valence-electron chi connectivity index (χ2n) is 4.97. The van der Waals surface area contributed by atoms with E-state index in [1.807, 2.05) is 12.1 Å². The minimum atomic E-state index is -0.468. The number of nitro benzene ring substituents is 1. The fraction of sp³-hybridized carbons (Fsp3) is 0. The molecule has 0 unspecified atom stereocenters. The number of halogens is 1. The molecule has 8 nitrogen and oxygen atoms in total. The molecule has 2 aromatic carbocycles. The summed E-state index contributed by atoms with van der Waals surface area (Å²) in [7, 11) is 0. The van der Waals surface area contributed by atoms with Gasteiger partial charge in [0.1, 0.15) is 0 Å². The Morgan fingerprint density at radius 1 is 1.16 bits per heavy atom. The lowest BCUT2D eigenvalue weighted by atomic mass is 10.2. The molecule has 0 spiro atoms. The van der Waals surface area contributed by atoms with E-state index < -0.39 is 4.92 Å². The number of nitrogens with zero attached hydrogens (tertiary/aromatic N) is 4. The molecule has 0 aliphatic carbocycles. The van der Waals surface area contributed by atoms with Gasteiger partial charge in [-0.15, -0.1) is 5.10 Å². The van der Waals surface area contributed by atoms with E-state index in [2.05, 4.69) is 20.5 Å². The molecule has 2 heterocycles. The van der Waals surface area contributed by atoms with Crippen LogP contribution in [-0.4, -0.2) is 20.1 Å². The van der Waals surface area contributed by atoms with Crippen molar-refractivity contribution in [3.8, 4) is 11.5 Å². The second-order valence-corrected chi connectivity index (χ2v) is 6.44. The van der Waals surface area contributed by atoms with Crippen molar-refractivity contribution >= 4 is 50.0 Å². The zero-order chi connectivity index (χ0) is 17.4. The van der Waals surface area contributed by atoms with Gasteiger partial charge in [0.05, 0.1) is 15.1 Å². The summed E-state index contributed by atoms with van der Waals surface area (Å²) in [6.07, 6.45) is 0. The monoisotopic (exact) mass is 373 g/mol. The van der Waals surface area contributed by atoms with Crippen LogP contribution in [0.4, 0.5) is 16.8 Å². The fourth-order valence-corrected chi connectivity index (χ4v) is 3.29. The molecule has 0 saturated carbocycles. The van der Waals surface area contributed by atoms with E-state index in [0.717, 1.165) is 10.2 Å². The van der Waals surface area contributed by atoms with Crippen LogP contribution in [0.25, 0.3) is 21.7 Å². The molecular weight excluding hydrogens is 366 g/mol. The number of anilines is 2. The Kier molecular flexibility index (Phi) is 3.79. The summed E-state index contributed by atoms with van der Waals surface area (Å²) in [6.45, 7) is 0. The Balaban J connectivity index is 1.56. The molecule has 0 bridgehead atoms. The molecule has 0 saturated heterocycles. The number of hydrogen-bond acceptors (Lipinski definition) is 8. The number of nitro groups is 1. The van der Waals surface area contributed by atoms with Crippen LogP contribution in [0.3, 0.4) is 0 Å². The van der Waals surface area contributed by atoms with Gasteiger partial charge < -0.3 is 4.42 Å². The number of thiazole rings is 1. The number of fused-ring (bicyclic) bond motifs is 1. The highest BCUT2D eigenvalue weighted by atomic mass is 35.5. The molecule has 1 N–H and O–H groups in total. The maximum atomic E-state index is 10.7. The first-order valence-electron chi connectivity index (χ1n) is 7.00. The normalized spacial score (nSPS) is 10.9. The lowest BCUT2D eigenvalue weighted by molar-refractivity contribution is -0.384. The van der Waals surface area contributed by atoms with E-state index in [1.165, 1.54) is 23.5 Å². The first-order valence-corrected chi connectivity index (χ1v) is 8.19. The van der Waals surface area contributed by atoms with Gasteiger partial charge in [-0.3, -0.25) is 15.4 Å². The summed E-state index contributed by atoms with van der Waals surface area (Å²) in [5, 5.41) is 22.7. The van der Waals surface area contributed by atoms with E-state index in [0.29, 0.717) is 15.7 Å². The van der Waals surface area contributed by atoms with Gasteiger partial charge in [-0.05, 0) is 30.3 Å². The molecule has 0 atom stereocenters. The predicted molar refractivity (Wildman–Crippen MR) is 94.3 cm³/mol. The molecule has 0 aliphatic heterocycles. The summed E-state index contributed by atoms with van der Waals surface area (Å²) in [6, 6.07) is 11.5. The van der Waals surface area contributed by atoms with Crippen molar-refractivity contribution in [3.63, 3.8) is 0 Å². The maximum Gasteiger partial charge on any atom is 0.322 e. The molecule has 4 aromatic rings. The first kappa shape index (κ1) is 15.5. The van der Waals surface area contributed by atoms with Crippen molar-refractivity contribution in [3.05, 3.63) is 57.6 Å². The summed E-state index contributed by atoms with van der Waals surface area (Å²) in [4.78, 5) is 14.6. The Hall–Kier alpha value is -3.04. The standard InChI is InChI=1S/C15H8ClN5O3S/c16-9-3-6-11-12(7-9)25-15(17-11)18-14-20-19-13(24-14)8-1-4-10(5-2-8)21(22)23/h1-7H,(H,17,18,20). The van der Waals surface area contributed by atoms with Gasteiger partial charge in [0, 0.05) is 22.7 Å². The van der Waals surface area contributed by atoms with Crippen LogP contribution in [-0.2, 0) is 0 Å². The number of aromatic nitrogens is 3. The van der Waals surface area contributed by atoms with Crippen LogP contribution in [0, 0.1) is 10.1 Å². The molecule has 25 heavy (non-hydrogen) atoms. The van der Waals surface area contributed by atoms with Gasteiger partial charge in [0.2, 0.25) is 5.89 Å². The second kappa shape index (κ2) is 6.11. The van der Waals surface area contributed by atoms with Crippen LogP contribution in [0.15, 0.2) is 46.9 Å². The predicted octanol–water partition coefficient (Wildman–Crippen LogP) is 4.65. The summed E-state index contributed by atoms with van der Waals surface area (Å²) < 4.78 is 6.47. The SMILES string of the molecule is O=[N+]([O-])c1ccc(-c2nnc(Nc3nc4ccc(Cl)cc4s3)o2)cc1. The van der Waals surface area contributed by atoms with Crippen molar-refractivity contribution in [2.45, 2.75) is 0 Å². The molecule has 4 rings (SSSR count). The Labute approximate surface area is 149 Å². The highest BCUT2D eigenvalue weighted by molar-refractivity contribution is 7.22. The average molecular weight is 374 g/mol. The van der Waals surface area contributed by atoms with Crippen LogP contribution in [0.5, 0.6) is 0 Å². The van der Waals surface area contributed by atoms with Gasteiger partial charge in [-0.2, -0.15) is 0 Å². The van der Waals surface area contributed by atoms with Crippen molar-refractivity contribution < 1.29 is 9.34 Å². The van der Waals surface area contributed by atoms with E-state index in [4.69, 9.17) is 16.0 Å². The third kappa shape index (κ3) is 3.14. The fourth-order valence-electron chi connectivity index (χ4n) is 2.16. The topological polar surface area (TPSA) is 107 Å². The molecule has 2 aromatic heterocycles. The quantitative estimate of drug-likeness (QED) is 0.409. The van der Waals surface area contributed by atoms with Crippen molar-refractivity contribution in [1.29, 1.82) is 0 Å². The van der Waals surface area contributed by atoms with E-state index in [-0.39, 0.29) is 17.6 Å². The molecule has 0 radical (unpaired) electrons. The van der Waals surface area contributed by atoms with Crippen LogP contribution in [0.1, 0.15) is 0 Å². The van der Waals surface area contributed by atoms with Gasteiger partial charge in [0.25, 0.3) is 5.69 Å². The zero-order valence-corrected chi connectivity index (χ0v) is 13.9. The Morgan fingerprint density at radius 3 is 2.72 bits per heavy atom. The number of benzene rings is 2. The largest absolute Gasteiger partial charge is 0.403 e. The zero-order valence-electron chi connectivity index (χ0n) is 12.3. The minimum Gasteiger partial charge on any atom is -0.403 e. The third-order valence-corrected chi connectivity index (χ3v) is 4.48. The number of hydrogen-bond donors (Lipinski definition) is 1. The molecule has 124 valence electrons. The van der Waals surface area contributed by atoms with Crippen LogP contribution >= 0.6 is 22.9 Å². The molecule has 0 fully saturated rings. The smallest absolute Gasteiger partial charge is 0.322 e. The summed E-state index contributed by atoms with van der Waals surface area (Å²) in [5.74, 6) is 0.251. The number of non-ortho nitro benzene ring substituents is 1. The van der Waals surface area contributed by atoms with E-state index >= 15 is 0 Å². The average Bonchev–Trinajstić information content (AvgIpc) is 3.21. The molecule has 0 aliphatic rings. The molecule has 10 heteroatoms. The van der Waals surface area contributed by atoms with Gasteiger partial charge in [0.15, 0.2) is 5.13 Å². The number of nitrogens with one attached hydrogen (secondary N) is 1. The molecule has 0 amide bonds. The lowest BCUT2D eigenvalue weighted by Gasteiger charge is -1.95. The highest BCUT2D eigenvalue weighted by Crippen LogP contribution is 2.30. The van der Waals surface area contributed by atoms with Crippen molar-refractivity contribution in [2.75, 3.05) is 5.32 Å². The number of rotatable bonds is 4. The Bertz CT molecular complexity index is 1080. The van der Waals surface area contributed by atoms with Gasteiger partial charge in [-0.1, -0.05) is 28.0 Å².